The number of nitrogens with zero attached hydrogens (tertiary/aromatic N) is 1. The van der Waals surface area contributed by atoms with Gasteiger partial charge in [0, 0.05) is 58.9 Å². The molecule has 0 aromatic heterocycles. The van der Waals surface area contributed by atoms with Crippen LogP contribution in [0.5, 0.6) is 0 Å². The molecule has 0 spiro atoms. The number of allylic oxidation sites excluding steroid dienone is 1. The van der Waals surface area contributed by atoms with Crippen molar-refractivity contribution < 1.29 is 4.79 Å². The highest BCUT2D eigenvalue weighted by Crippen LogP contribution is 2.36. The van der Waals surface area contributed by atoms with Crippen LogP contribution in [0.1, 0.15) is 51.4 Å². The fourth-order valence-electron chi connectivity index (χ4n) is 4.83. The molecule has 4 nitrogen and oxygen atoms in total. The molecular formula is C27H40ClN3OS2. The number of nitrogens with one attached hydrogen (secondary N) is 1. The summed E-state index contributed by atoms with van der Waals surface area (Å²) in [5.41, 5.74) is 7.52. The van der Waals surface area contributed by atoms with Crippen molar-refractivity contribution in [1.82, 2.24) is 10.2 Å². The molecule has 3 N–H and O–H groups in total. The normalized spacial score (nSPS) is 18.4. The number of nitrogens with two attached hydrogens (primary N) is 1. The minimum Gasteiger partial charge on any atom is -0.398 e. The fourth-order valence-corrected chi connectivity index (χ4v) is 6.95. The summed E-state index contributed by atoms with van der Waals surface area (Å²) in [4.78, 5) is 17.2. The third-order valence-electron chi connectivity index (χ3n) is 6.84. The van der Waals surface area contributed by atoms with Crippen LogP contribution in [0.15, 0.2) is 46.7 Å². The molecular weight excluding hydrogens is 482 g/mol. The molecule has 34 heavy (non-hydrogen) atoms. The van der Waals surface area contributed by atoms with Gasteiger partial charge >= 0.3 is 0 Å². The van der Waals surface area contributed by atoms with Crippen LogP contribution >= 0.6 is 35.1 Å². The lowest BCUT2D eigenvalue weighted by molar-refractivity contribution is -0.117. The average Bonchev–Trinajstić information content (AvgIpc) is 2.84. The maximum absolute atomic E-state index is 12.8. The van der Waals surface area contributed by atoms with Gasteiger partial charge in [0.05, 0.1) is 0 Å². The number of amides is 1. The number of thioether (sulfide) groups is 2. The molecule has 1 atom stereocenters. The highest BCUT2D eigenvalue weighted by atomic mass is 35.5. The van der Waals surface area contributed by atoms with E-state index < -0.39 is 0 Å². The van der Waals surface area contributed by atoms with E-state index in [2.05, 4.69) is 23.4 Å². The van der Waals surface area contributed by atoms with Gasteiger partial charge in [-0.1, -0.05) is 68.6 Å². The van der Waals surface area contributed by atoms with Crippen LogP contribution < -0.4 is 11.1 Å². The highest BCUT2D eigenvalue weighted by Gasteiger charge is 2.21. The molecule has 1 aromatic carbocycles. The van der Waals surface area contributed by atoms with Gasteiger partial charge in [0.25, 0.3) is 0 Å². The molecule has 1 amide bonds. The lowest BCUT2D eigenvalue weighted by Gasteiger charge is -2.28. The van der Waals surface area contributed by atoms with Gasteiger partial charge in [0.2, 0.25) is 5.91 Å². The van der Waals surface area contributed by atoms with Crippen molar-refractivity contribution >= 4 is 46.7 Å². The standard InChI is InChI=1S/C27H40ClN3OS2/c1-20(19-31-12-14-33-15-13-31)27(32)30-18-23(16-22-6-4-3-5-7-22)9-8-21(2)34-26-17-24(28)10-11-25(26)29/h10-11,17,22-23H,1-9,12-16,18-19,29H2,(H,30,32). The van der Waals surface area contributed by atoms with Gasteiger partial charge in [-0.05, 0) is 54.2 Å². The lowest BCUT2D eigenvalue weighted by atomic mass is 9.81. The topological polar surface area (TPSA) is 58.4 Å². The Morgan fingerprint density at radius 1 is 1.24 bits per heavy atom. The van der Waals surface area contributed by atoms with Crippen LogP contribution in [-0.4, -0.2) is 48.5 Å². The van der Waals surface area contributed by atoms with Gasteiger partial charge < -0.3 is 11.1 Å². The van der Waals surface area contributed by atoms with E-state index in [1.54, 1.807) is 11.8 Å². The zero-order valence-electron chi connectivity index (χ0n) is 20.3. The molecule has 188 valence electrons. The molecule has 0 radical (unpaired) electrons. The second-order valence-electron chi connectivity index (χ2n) is 9.67. The Kier molecular flexibility index (Phi) is 11.7. The lowest BCUT2D eigenvalue weighted by Crippen LogP contribution is -2.38. The quantitative estimate of drug-likeness (QED) is 0.184. The molecule has 1 saturated heterocycles. The predicted octanol–water partition coefficient (Wildman–Crippen LogP) is 6.62. The first-order chi connectivity index (χ1) is 16.4. The maximum atomic E-state index is 12.8. The number of benzene rings is 1. The molecule has 1 aromatic rings. The Morgan fingerprint density at radius 3 is 2.71 bits per heavy atom. The van der Waals surface area contributed by atoms with Crippen molar-refractivity contribution in [3.63, 3.8) is 0 Å². The largest absolute Gasteiger partial charge is 0.398 e. The number of carbonyl (C=O) groups excluding carboxylic acids is 1. The van der Waals surface area contributed by atoms with Gasteiger partial charge in [-0.3, -0.25) is 9.69 Å². The van der Waals surface area contributed by atoms with Crippen LogP contribution in [0, 0.1) is 11.8 Å². The van der Waals surface area contributed by atoms with Crippen LogP contribution in [0.25, 0.3) is 0 Å². The fraction of sp³-hybridized carbons (Fsp3) is 0.593. The third kappa shape index (κ3) is 9.52. The summed E-state index contributed by atoms with van der Waals surface area (Å²) in [5.74, 6) is 3.50. The SMILES string of the molecule is C=C(CCC(CNC(=O)C(=C)CN1CCSCC1)CC1CCCCC1)Sc1cc(Cl)ccc1N. The molecule has 7 heteroatoms. The Labute approximate surface area is 219 Å². The first-order valence-corrected chi connectivity index (χ1v) is 14.9. The molecule has 1 unspecified atom stereocenters. The number of carbonyl (C=O) groups is 1. The summed E-state index contributed by atoms with van der Waals surface area (Å²) in [5, 5.41) is 3.89. The van der Waals surface area contributed by atoms with E-state index in [0.717, 1.165) is 58.8 Å². The second kappa shape index (κ2) is 14.5. The van der Waals surface area contributed by atoms with Crippen molar-refractivity contribution in [3.8, 4) is 0 Å². The first-order valence-electron chi connectivity index (χ1n) is 12.6. The summed E-state index contributed by atoms with van der Waals surface area (Å²) in [7, 11) is 0. The van der Waals surface area contributed by atoms with Crippen molar-refractivity contribution in [2.45, 2.75) is 56.3 Å². The number of halogens is 1. The van der Waals surface area contributed by atoms with Gasteiger partial charge in [-0.2, -0.15) is 11.8 Å². The smallest absolute Gasteiger partial charge is 0.247 e. The maximum Gasteiger partial charge on any atom is 0.247 e. The van der Waals surface area contributed by atoms with E-state index >= 15 is 0 Å². The van der Waals surface area contributed by atoms with Gasteiger partial charge in [0.1, 0.15) is 0 Å². The minimum absolute atomic E-state index is 0.00627. The Morgan fingerprint density at radius 2 is 1.97 bits per heavy atom. The molecule has 1 aliphatic heterocycles. The Hall–Kier alpha value is -1.08. The summed E-state index contributed by atoms with van der Waals surface area (Å²) in [6.07, 6.45) is 9.76. The van der Waals surface area contributed by atoms with Crippen molar-refractivity contribution in [1.29, 1.82) is 0 Å². The van der Waals surface area contributed by atoms with E-state index in [1.165, 1.54) is 38.5 Å². The number of hydrogen-bond acceptors (Lipinski definition) is 5. The van der Waals surface area contributed by atoms with E-state index in [1.807, 2.05) is 30.0 Å². The average molecular weight is 522 g/mol. The summed E-state index contributed by atoms with van der Waals surface area (Å²) < 4.78 is 0. The molecule has 0 bridgehead atoms. The molecule has 2 fully saturated rings. The molecule has 1 saturated carbocycles. The molecule has 3 rings (SSSR count). The number of anilines is 1. The van der Waals surface area contributed by atoms with E-state index in [9.17, 15) is 4.79 Å². The van der Waals surface area contributed by atoms with Crippen molar-refractivity contribution in [3.05, 3.63) is 46.9 Å². The van der Waals surface area contributed by atoms with Crippen LogP contribution in [-0.2, 0) is 4.79 Å². The zero-order valence-corrected chi connectivity index (χ0v) is 22.7. The van der Waals surface area contributed by atoms with Gasteiger partial charge in [-0.25, -0.2) is 0 Å². The number of nitrogen functional groups attached to an aromatic ring is 1. The van der Waals surface area contributed by atoms with Crippen LogP contribution in [0.4, 0.5) is 5.69 Å². The second-order valence-corrected chi connectivity index (χ2v) is 12.6. The molecule has 1 aliphatic carbocycles. The molecule has 2 aliphatic rings. The van der Waals surface area contributed by atoms with Crippen molar-refractivity contribution in [2.75, 3.05) is 43.4 Å². The van der Waals surface area contributed by atoms with E-state index in [4.69, 9.17) is 17.3 Å². The van der Waals surface area contributed by atoms with Crippen LogP contribution in [0.3, 0.4) is 0 Å². The first kappa shape index (κ1) is 27.5. The Bertz CT molecular complexity index is 835. The minimum atomic E-state index is 0.00627. The van der Waals surface area contributed by atoms with Crippen molar-refractivity contribution in [2.24, 2.45) is 11.8 Å². The van der Waals surface area contributed by atoms with E-state index in [0.29, 0.717) is 29.6 Å². The molecule has 1 heterocycles. The van der Waals surface area contributed by atoms with Gasteiger partial charge in [0.15, 0.2) is 0 Å². The highest BCUT2D eigenvalue weighted by molar-refractivity contribution is 8.03. The summed E-state index contributed by atoms with van der Waals surface area (Å²) in [6.45, 7) is 11.8. The monoisotopic (exact) mass is 521 g/mol. The third-order valence-corrected chi connectivity index (χ3v) is 9.09. The zero-order chi connectivity index (χ0) is 24.3. The summed E-state index contributed by atoms with van der Waals surface area (Å²) >= 11 is 9.73. The van der Waals surface area contributed by atoms with Crippen LogP contribution in [0.2, 0.25) is 5.02 Å². The van der Waals surface area contributed by atoms with E-state index in [-0.39, 0.29) is 5.91 Å². The number of hydrogen-bond donors (Lipinski definition) is 2. The Balaban J connectivity index is 1.50. The number of rotatable bonds is 12. The summed E-state index contributed by atoms with van der Waals surface area (Å²) in [6, 6.07) is 5.55. The van der Waals surface area contributed by atoms with Gasteiger partial charge in [-0.15, -0.1) is 0 Å². The predicted molar refractivity (Wildman–Crippen MR) is 151 cm³/mol.